The van der Waals surface area contributed by atoms with Crippen LogP contribution < -0.4 is 5.32 Å². The Labute approximate surface area is 114 Å². The van der Waals surface area contributed by atoms with E-state index in [1.54, 1.807) is 17.0 Å². The van der Waals surface area contributed by atoms with Crippen molar-refractivity contribution in [2.45, 2.75) is 33.2 Å². The Morgan fingerprint density at radius 1 is 1.26 bits per heavy atom. The number of halogens is 1. The highest BCUT2D eigenvalue weighted by atomic mass is 19.1. The Bertz CT molecular complexity index is 388. The van der Waals surface area contributed by atoms with E-state index in [0.29, 0.717) is 6.54 Å². The van der Waals surface area contributed by atoms with Gasteiger partial charge in [-0.1, -0.05) is 12.1 Å². The van der Waals surface area contributed by atoms with Crippen molar-refractivity contribution in [2.75, 3.05) is 19.6 Å². The van der Waals surface area contributed by atoms with E-state index in [4.69, 9.17) is 0 Å². The smallest absolute Gasteiger partial charge is 0.236 e. The number of amides is 1. The Kier molecular flexibility index (Phi) is 6.50. The molecule has 1 aromatic carbocycles. The third-order valence-corrected chi connectivity index (χ3v) is 3.17. The summed E-state index contributed by atoms with van der Waals surface area (Å²) < 4.78 is 12.8. The molecule has 1 rings (SSSR count). The van der Waals surface area contributed by atoms with Gasteiger partial charge in [-0.15, -0.1) is 0 Å². The zero-order valence-electron chi connectivity index (χ0n) is 11.9. The lowest BCUT2D eigenvalue weighted by atomic mass is 10.1. The molecule has 0 aromatic heterocycles. The number of nitrogens with one attached hydrogen (secondary N) is 1. The lowest BCUT2D eigenvalue weighted by molar-refractivity contribution is -0.129. The average Bonchev–Trinajstić information content (AvgIpc) is 2.40. The normalized spacial score (nSPS) is 12.2. The minimum atomic E-state index is -0.221. The predicted octanol–water partition coefficient (Wildman–Crippen LogP) is 2.21. The fourth-order valence-corrected chi connectivity index (χ4v) is 2.00. The minimum Gasteiger partial charge on any atom is -0.342 e. The molecule has 0 radical (unpaired) electrons. The second kappa shape index (κ2) is 7.89. The Hall–Kier alpha value is -1.42. The number of nitrogens with zero attached hydrogens (tertiary/aromatic N) is 1. The van der Waals surface area contributed by atoms with Gasteiger partial charge in [0.2, 0.25) is 5.91 Å². The van der Waals surface area contributed by atoms with Gasteiger partial charge in [-0.2, -0.15) is 0 Å². The number of hydrogen-bond acceptors (Lipinski definition) is 2. The van der Waals surface area contributed by atoms with Crippen LogP contribution in [-0.2, 0) is 11.2 Å². The maximum atomic E-state index is 12.8. The molecule has 0 aliphatic carbocycles. The fourth-order valence-electron chi connectivity index (χ4n) is 2.00. The van der Waals surface area contributed by atoms with Crippen LogP contribution in [0.3, 0.4) is 0 Å². The van der Waals surface area contributed by atoms with E-state index >= 15 is 0 Å². The Balaban J connectivity index is 2.37. The summed E-state index contributed by atoms with van der Waals surface area (Å²) in [6.45, 7) is 7.81. The van der Waals surface area contributed by atoms with Gasteiger partial charge in [-0.3, -0.25) is 4.79 Å². The summed E-state index contributed by atoms with van der Waals surface area (Å²) in [5.41, 5.74) is 1.07. The molecule has 1 amide bonds. The van der Waals surface area contributed by atoms with Gasteiger partial charge in [0.1, 0.15) is 5.82 Å². The quantitative estimate of drug-likeness (QED) is 0.820. The third kappa shape index (κ3) is 5.39. The van der Waals surface area contributed by atoms with Crippen molar-refractivity contribution in [3.8, 4) is 0 Å². The van der Waals surface area contributed by atoms with E-state index < -0.39 is 0 Å². The highest BCUT2D eigenvalue weighted by Gasteiger charge is 2.11. The summed E-state index contributed by atoms with van der Waals surface area (Å²) >= 11 is 0. The van der Waals surface area contributed by atoms with Crippen LogP contribution in [0.25, 0.3) is 0 Å². The van der Waals surface area contributed by atoms with Gasteiger partial charge in [-0.25, -0.2) is 4.39 Å². The third-order valence-electron chi connectivity index (χ3n) is 3.17. The molecular formula is C15H23FN2O. The van der Waals surface area contributed by atoms with E-state index in [1.165, 1.54) is 12.1 Å². The van der Waals surface area contributed by atoms with Crippen LogP contribution in [-0.4, -0.2) is 36.5 Å². The molecule has 0 saturated heterocycles. The van der Waals surface area contributed by atoms with Crippen LogP contribution in [0, 0.1) is 5.82 Å². The zero-order chi connectivity index (χ0) is 14.3. The van der Waals surface area contributed by atoms with Crippen molar-refractivity contribution in [3.05, 3.63) is 35.6 Å². The summed E-state index contributed by atoms with van der Waals surface area (Å²) in [6, 6.07) is 6.66. The molecule has 0 heterocycles. The fraction of sp³-hybridized carbons (Fsp3) is 0.533. The molecule has 1 aromatic rings. The number of hydrogen-bond donors (Lipinski definition) is 1. The topological polar surface area (TPSA) is 32.3 Å². The molecule has 4 heteroatoms. The first-order valence-corrected chi connectivity index (χ1v) is 6.82. The standard InChI is InChI=1S/C15H23FN2O/c1-4-18(5-2)15(19)11-17-12(3)10-13-6-8-14(16)9-7-13/h6-9,12,17H,4-5,10-11H2,1-3H3. The summed E-state index contributed by atoms with van der Waals surface area (Å²) in [5.74, 6) is -0.1000. The van der Waals surface area contributed by atoms with Gasteiger partial charge in [-0.05, 0) is 44.9 Å². The predicted molar refractivity (Wildman–Crippen MR) is 75.5 cm³/mol. The van der Waals surface area contributed by atoms with Gasteiger partial charge in [0, 0.05) is 19.1 Å². The highest BCUT2D eigenvalue weighted by Crippen LogP contribution is 2.05. The molecule has 1 atom stereocenters. The maximum Gasteiger partial charge on any atom is 0.236 e. The molecular weight excluding hydrogens is 243 g/mol. The SMILES string of the molecule is CCN(CC)C(=O)CNC(C)Cc1ccc(F)cc1. The molecule has 0 fully saturated rings. The van der Waals surface area contributed by atoms with Crippen LogP contribution in [0.15, 0.2) is 24.3 Å². The van der Waals surface area contributed by atoms with Crippen LogP contribution in [0.4, 0.5) is 4.39 Å². The highest BCUT2D eigenvalue weighted by molar-refractivity contribution is 5.78. The maximum absolute atomic E-state index is 12.8. The Morgan fingerprint density at radius 2 is 1.84 bits per heavy atom. The van der Waals surface area contributed by atoms with Gasteiger partial charge < -0.3 is 10.2 Å². The van der Waals surface area contributed by atoms with Crippen LogP contribution in [0.5, 0.6) is 0 Å². The lowest BCUT2D eigenvalue weighted by Crippen LogP contribution is -2.41. The number of benzene rings is 1. The molecule has 19 heavy (non-hydrogen) atoms. The van der Waals surface area contributed by atoms with Gasteiger partial charge in [0.05, 0.1) is 6.54 Å². The first kappa shape index (κ1) is 15.6. The van der Waals surface area contributed by atoms with Crippen molar-refractivity contribution in [3.63, 3.8) is 0 Å². The van der Waals surface area contributed by atoms with Crippen molar-refractivity contribution < 1.29 is 9.18 Å². The van der Waals surface area contributed by atoms with Crippen molar-refractivity contribution in [1.82, 2.24) is 10.2 Å². The van der Waals surface area contributed by atoms with E-state index in [0.717, 1.165) is 25.1 Å². The van der Waals surface area contributed by atoms with Gasteiger partial charge >= 0.3 is 0 Å². The van der Waals surface area contributed by atoms with Crippen LogP contribution >= 0.6 is 0 Å². The lowest BCUT2D eigenvalue weighted by Gasteiger charge is -2.20. The molecule has 0 bridgehead atoms. The van der Waals surface area contributed by atoms with Gasteiger partial charge in [0.25, 0.3) is 0 Å². The largest absolute Gasteiger partial charge is 0.342 e. The number of carbonyl (C=O) groups excluding carboxylic acids is 1. The summed E-state index contributed by atoms with van der Waals surface area (Å²) in [7, 11) is 0. The molecule has 0 aliphatic rings. The minimum absolute atomic E-state index is 0.121. The molecule has 106 valence electrons. The number of likely N-dealkylation sites (N-methyl/N-ethyl adjacent to an activating group) is 1. The van der Waals surface area contributed by atoms with E-state index in [9.17, 15) is 9.18 Å². The van der Waals surface area contributed by atoms with Crippen LogP contribution in [0.1, 0.15) is 26.3 Å². The first-order chi connectivity index (χ1) is 9.06. The van der Waals surface area contributed by atoms with E-state index in [2.05, 4.69) is 5.32 Å². The molecule has 3 nitrogen and oxygen atoms in total. The monoisotopic (exact) mass is 266 g/mol. The van der Waals surface area contributed by atoms with Gasteiger partial charge in [0.15, 0.2) is 0 Å². The first-order valence-electron chi connectivity index (χ1n) is 6.82. The van der Waals surface area contributed by atoms with E-state index in [-0.39, 0.29) is 17.8 Å². The van der Waals surface area contributed by atoms with Crippen molar-refractivity contribution >= 4 is 5.91 Å². The summed E-state index contributed by atoms with van der Waals surface area (Å²) in [4.78, 5) is 13.6. The number of carbonyl (C=O) groups is 1. The van der Waals surface area contributed by atoms with Crippen molar-refractivity contribution in [2.24, 2.45) is 0 Å². The second-order valence-corrected chi connectivity index (χ2v) is 4.68. The zero-order valence-corrected chi connectivity index (χ0v) is 11.9. The molecule has 0 spiro atoms. The summed E-state index contributed by atoms with van der Waals surface area (Å²) in [5, 5.41) is 3.21. The molecule has 1 unspecified atom stereocenters. The molecule has 0 aliphatic heterocycles. The molecule has 1 N–H and O–H groups in total. The van der Waals surface area contributed by atoms with Crippen molar-refractivity contribution in [1.29, 1.82) is 0 Å². The number of rotatable bonds is 7. The van der Waals surface area contributed by atoms with E-state index in [1.807, 2.05) is 20.8 Å². The second-order valence-electron chi connectivity index (χ2n) is 4.68. The summed E-state index contributed by atoms with van der Waals surface area (Å²) in [6.07, 6.45) is 0.784. The Morgan fingerprint density at radius 3 is 2.37 bits per heavy atom. The average molecular weight is 266 g/mol. The van der Waals surface area contributed by atoms with Crippen LogP contribution in [0.2, 0.25) is 0 Å². The molecule has 0 saturated carbocycles.